The zero-order valence-corrected chi connectivity index (χ0v) is 17.5. The van der Waals surface area contributed by atoms with Crippen LogP contribution in [0.3, 0.4) is 0 Å². The Bertz CT molecular complexity index is 1030. The van der Waals surface area contributed by atoms with Crippen LogP contribution in [0.5, 0.6) is 0 Å². The number of hydrogen-bond donors (Lipinski definition) is 1. The number of aryl methyl sites for hydroxylation is 1. The molecule has 0 saturated carbocycles. The van der Waals surface area contributed by atoms with E-state index in [2.05, 4.69) is 31.9 Å². The molecule has 0 spiro atoms. The summed E-state index contributed by atoms with van der Waals surface area (Å²) in [6, 6.07) is 0.0889. The van der Waals surface area contributed by atoms with Gasteiger partial charge in [0, 0.05) is 56.2 Å². The molecule has 9 nitrogen and oxygen atoms in total. The summed E-state index contributed by atoms with van der Waals surface area (Å²) in [6.07, 6.45) is 7.07. The van der Waals surface area contributed by atoms with Crippen LogP contribution in [0.15, 0.2) is 24.9 Å². The van der Waals surface area contributed by atoms with Crippen molar-refractivity contribution >= 4 is 22.9 Å². The van der Waals surface area contributed by atoms with E-state index in [-0.39, 0.29) is 12.1 Å². The Morgan fingerprint density at radius 3 is 2.72 bits per heavy atom. The number of rotatable bonds is 2. The minimum atomic E-state index is -0.500. The molecule has 0 radical (unpaired) electrons. The minimum absolute atomic E-state index is 0.0889. The highest BCUT2D eigenvalue weighted by atomic mass is 16.6. The number of nitrogens with zero attached hydrogens (tertiary/aromatic N) is 6. The Morgan fingerprint density at radius 1 is 1.28 bits per heavy atom. The molecular formula is C20H27N7O2. The molecule has 154 valence electrons. The van der Waals surface area contributed by atoms with Crippen molar-refractivity contribution in [3.63, 3.8) is 0 Å². The topological polar surface area (TPSA) is 92.2 Å². The molecule has 1 amide bonds. The molecule has 3 aromatic heterocycles. The summed E-state index contributed by atoms with van der Waals surface area (Å²) in [7, 11) is 1.90. The second-order valence-electron chi connectivity index (χ2n) is 8.49. The second kappa shape index (κ2) is 7.06. The lowest BCUT2D eigenvalue weighted by Crippen LogP contribution is -2.54. The van der Waals surface area contributed by atoms with Crippen LogP contribution in [0.25, 0.3) is 22.2 Å². The van der Waals surface area contributed by atoms with Crippen molar-refractivity contribution in [3.05, 3.63) is 24.9 Å². The number of carbonyl (C=O) groups is 1. The van der Waals surface area contributed by atoms with Crippen LogP contribution in [0.4, 0.5) is 10.6 Å². The van der Waals surface area contributed by atoms with Gasteiger partial charge >= 0.3 is 6.09 Å². The van der Waals surface area contributed by atoms with Crippen LogP contribution >= 0.6 is 0 Å². The maximum absolute atomic E-state index is 12.5. The molecule has 4 rings (SSSR count). The van der Waals surface area contributed by atoms with E-state index in [0.29, 0.717) is 19.6 Å². The van der Waals surface area contributed by atoms with Crippen LogP contribution in [0.1, 0.15) is 27.7 Å². The molecule has 1 saturated heterocycles. The smallest absolute Gasteiger partial charge is 0.410 e. The Hall–Kier alpha value is -3.10. The lowest BCUT2D eigenvalue weighted by Gasteiger charge is -2.41. The average Bonchev–Trinajstić information content (AvgIpc) is 3.26. The van der Waals surface area contributed by atoms with Crippen molar-refractivity contribution in [2.24, 2.45) is 7.05 Å². The van der Waals surface area contributed by atoms with Crippen molar-refractivity contribution in [3.8, 4) is 11.1 Å². The van der Waals surface area contributed by atoms with Crippen LogP contribution in [0.2, 0.25) is 0 Å². The predicted octanol–water partition coefficient (Wildman–Crippen LogP) is 2.80. The quantitative estimate of drug-likeness (QED) is 0.715. The van der Waals surface area contributed by atoms with E-state index in [1.807, 2.05) is 46.4 Å². The first kappa shape index (κ1) is 19.2. The summed E-state index contributed by atoms with van der Waals surface area (Å²) < 4.78 is 7.31. The van der Waals surface area contributed by atoms with Gasteiger partial charge in [-0.1, -0.05) is 0 Å². The summed E-state index contributed by atoms with van der Waals surface area (Å²) in [5, 5.41) is 5.26. The van der Waals surface area contributed by atoms with Gasteiger partial charge in [0.15, 0.2) is 0 Å². The van der Waals surface area contributed by atoms with Gasteiger partial charge in [0.25, 0.3) is 0 Å². The number of H-pyrrole nitrogens is 1. The van der Waals surface area contributed by atoms with E-state index in [1.165, 1.54) is 0 Å². The van der Waals surface area contributed by atoms with Gasteiger partial charge in [-0.2, -0.15) is 5.10 Å². The fourth-order valence-electron chi connectivity index (χ4n) is 3.72. The zero-order valence-electron chi connectivity index (χ0n) is 17.5. The summed E-state index contributed by atoms with van der Waals surface area (Å²) >= 11 is 0. The number of piperazine rings is 1. The number of aromatic amines is 1. The molecule has 1 aliphatic rings. The third-order valence-electron chi connectivity index (χ3n) is 5.02. The molecule has 4 heterocycles. The lowest BCUT2D eigenvalue weighted by molar-refractivity contribution is 0.0218. The Balaban J connectivity index is 1.63. The summed E-state index contributed by atoms with van der Waals surface area (Å²) in [5.74, 6) is 0.867. The number of fused-ring (bicyclic) bond motifs is 1. The van der Waals surface area contributed by atoms with Crippen molar-refractivity contribution in [1.29, 1.82) is 0 Å². The van der Waals surface area contributed by atoms with E-state index in [0.717, 1.165) is 28.0 Å². The number of anilines is 1. The minimum Gasteiger partial charge on any atom is -0.444 e. The number of hydrogen-bond acceptors (Lipinski definition) is 6. The van der Waals surface area contributed by atoms with E-state index in [1.54, 1.807) is 15.9 Å². The lowest BCUT2D eigenvalue weighted by atomic mass is 10.1. The average molecular weight is 397 g/mol. The van der Waals surface area contributed by atoms with Gasteiger partial charge in [0.05, 0.1) is 11.6 Å². The first-order valence-electron chi connectivity index (χ1n) is 9.78. The molecule has 0 aromatic carbocycles. The van der Waals surface area contributed by atoms with Crippen LogP contribution < -0.4 is 4.90 Å². The summed E-state index contributed by atoms with van der Waals surface area (Å²) in [6.45, 7) is 9.58. The van der Waals surface area contributed by atoms with Gasteiger partial charge in [0.1, 0.15) is 23.4 Å². The fourth-order valence-corrected chi connectivity index (χ4v) is 3.72. The third kappa shape index (κ3) is 3.76. The number of aromatic nitrogens is 5. The third-order valence-corrected chi connectivity index (χ3v) is 5.02. The first-order chi connectivity index (χ1) is 13.7. The fraction of sp³-hybridized carbons (Fsp3) is 0.500. The molecule has 29 heavy (non-hydrogen) atoms. The van der Waals surface area contributed by atoms with Gasteiger partial charge < -0.3 is 19.5 Å². The van der Waals surface area contributed by atoms with Gasteiger partial charge in [-0.3, -0.25) is 4.68 Å². The predicted molar refractivity (Wildman–Crippen MR) is 111 cm³/mol. The number of ether oxygens (including phenoxy) is 1. The first-order valence-corrected chi connectivity index (χ1v) is 9.78. The van der Waals surface area contributed by atoms with Crippen molar-refractivity contribution in [2.75, 3.05) is 24.5 Å². The maximum atomic E-state index is 12.5. The molecule has 1 N–H and O–H groups in total. The maximum Gasteiger partial charge on any atom is 0.410 e. The molecule has 0 bridgehead atoms. The largest absolute Gasteiger partial charge is 0.444 e. The Labute approximate surface area is 169 Å². The van der Waals surface area contributed by atoms with Crippen LogP contribution in [0, 0.1) is 0 Å². The van der Waals surface area contributed by atoms with E-state index in [9.17, 15) is 4.79 Å². The molecule has 1 atom stereocenters. The van der Waals surface area contributed by atoms with Crippen LogP contribution in [-0.2, 0) is 11.8 Å². The highest BCUT2D eigenvalue weighted by Gasteiger charge is 2.31. The zero-order chi connectivity index (χ0) is 20.8. The number of nitrogens with one attached hydrogen (secondary N) is 1. The number of carbonyl (C=O) groups excluding carboxylic acids is 1. The second-order valence-corrected chi connectivity index (χ2v) is 8.49. The highest BCUT2D eigenvalue weighted by molar-refractivity contribution is 6.01. The Kier molecular flexibility index (Phi) is 4.68. The highest BCUT2D eigenvalue weighted by Crippen LogP contribution is 2.34. The molecule has 1 aliphatic heterocycles. The van der Waals surface area contributed by atoms with E-state index >= 15 is 0 Å². The van der Waals surface area contributed by atoms with E-state index < -0.39 is 5.60 Å². The molecule has 0 aliphatic carbocycles. The molecule has 3 aromatic rings. The summed E-state index contributed by atoms with van der Waals surface area (Å²) in [5.41, 5.74) is 2.32. The van der Waals surface area contributed by atoms with Crippen molar-refractivity contribution in [2.45, 2.75) is 39.3 Å². The SMILES string of the molecule is CC1CN(C(=O)OC(C)(C)C)CCN1c1ncnc2[nH]cc(-c3cnn(C)c3)c12. The Morgan fingerprint density at radius 2 is 2.07 bits per heavy atom. The molecular weight excluding hydrogens is 370 g/mol. The monoisotopic (exact) mass is 397 g/mol. The van der Waals surface area contributed by atoms with Gasteiger partial charge in [-0.25, -0.2) is 14.8 Å². The van der Waals surface area contributed by atoms with Gasteiger partial charge in [-0.05, 0) is 27.7 Å². The van der Waals surface area contributed by atoms with Crippen LogP contribution in [-0.4, -0.2) is 67.0 Å². The molecule has 9 heteroatoms. The van der Waals surface area contributed by atoms with E-state index in [4.69, 9.17) is 4.74 Å². The molecule has 1 fully saturated rings. The van der Waals surface area contributed by atoms with Crippen molar-refractivity contribution < 1.29 is 9.53 Å². The number of amides is 1. The molecule has 1 unspecified atom stereocenters. The normalized spacial score (nSPS) is 17.8. The van der Waals surface area contributed by atoms with Gasteiger partial charge in [-0.15, -0.1) is 0 Å². The van der Waals surface area contributed by atoms with Crippen molar-refractivity contribution in [1.82, 2.24) is 29.6 Å². The summed E-state index contributed by atoms with van der Waals surface area (Å²) in [4.78, 5) is 28.7. The van der Waals surface area contributed by atoms with Gasteiger partial charge in [0.2, 0.25) is 0 Å². The standard InChI is InChI=1S/C20H27N7O2/c1-13-10-26(19(28)29-20(2,3)4)6-7-27(13)18-16-15(14-8-24-25(5)11-14)9-21-17(16)22-12-23-18/h8-9,11-13H,6-7,10H2,1-5H3,(H,21,22,23).